The van der Waals surface area contributed by atoms with E-state index in [-0.39, 0.29) is 0 Å². The van der Waals surface area contributed by atoms with E-state index >= 15 is 0 Å². The molecule has 0 saturated heterocycles. The highest BCUT2D eigenvalue weighted by atomic mass is 14.9. The van der Waals surface area contributed by atoms with Gasteiger partial charge in [0.15, 0.2) is 0 Å². The number of rotatable bonds is 3. The summed E-state index contributed by atoms with van der Waals surface area (Å²) in [6.45, 7) is 5.68. The minimum absolute atomic E-state index is 0.722. The minimum atomic E-state index is 0.722. The predicted molar refractivity (Wildman–Crippen MR) is 65.0 cm³/mol. The normalized spacial score (nSPS) is 30.7. The van der Waals surface area contributed by atoms with Crippen molar-refractivity contribution in [3.63, 3.8) is 0 Å². The summed E-state index contributed by atoms with van der Waals surface area (Å²) in [5.41, 5.74) is 1.52. The second kappa shape index (κ2) is 4.80. The van der Waals surface area contributed by atoms with Crippen LogP contribution in [0.25, 0.3) is 0 Å². The maximum atomic E-state index is 3.59. The molecule has 2 rings (SSSR count). The Morgan fingerprint density at radius 1 is 1.20 bits per heavy atom. The molecule has 1 nitrogen and oxygen atoms in total. The summed E-state index contributed by atoms with van der Waals surface area (Å²) in [5, 5.41) is 3.59. The molecule has 3 unspecified atom stereocenters. The van der Waals surface area contributed by atoms with Gasteiger partial charge < -0.3 is 5.32 Å². The van der Waals surface area contributed by atoms with Crippen molar-refractivity contribution in [3.8, 4) is 0 Å². The van der Waals surface area contributed by atoms with Gasteiger partial charge in [-0.3, -0.25) is 0 Å². The van der Waals surface area contributed by atoms with Crippen LogP contribution in [-0.4, -0.2) is 12.6 Å². The van der Waals surface area contributed by atoms with E-state index in [1.807, 2.05) is 0 Å². The Kier molecular flexibility index (Phi) is 3.42. The van der Waals surface area contributed by atoms with Crippen LogP contribution in [0, 0.1) is 5.92 Å². The zero-order valence-electron chi connectivity index (χ0n) is 9.74. The monoisotopic (exact) mass is 203 g/mol. The van der Waals surface area contributed by atoms with Crippen LogP contribution in [0.1, 0.15) is 38.2 Å². The largest absolute Gasteiger partial charge is 0.314 e. The number of hydrogen-bond donors (Lipinski definition) is 1. The average Bonchev–Trinajstić information content (AvgIpc) is 2.63. The van der Waals surface area contributed by atoms with Crippen molar-refractivity contribution in [2.75, 3.05) is 6.54 Å². The van der Waals surface area contributed by atoms with Crippen LogP contribution in [0.5, 0.6) is 0 Å². The van der Waals surface area contributed by atoms with Crippen LogP contribution in [0.15, 0.2) is 30.3 Å². The topological polar surface area (TPSA) is 12.0 Å². The first-order valence-corrected chi connectivity index (χ1v) is 6.11. The summed E-state index contributed by atoms with van der Waals surface area (Å²) < 4.78 is 0. The molecule has 0 bridgehead atoms. The summed E-state index contributed by atoms with van der Waals surface area (Å²) in [4.78, 5) is 0. The zero-order valence-corrected chi connectivity index (χ0v) is 9.74. The van der Waals surface area contributed by atoms with Gasteiger partial charge in [-0.1, -0.05) is 44.2 Å². The summed E-state index contributed by atoms with van der Waals surface area (Å²) in [5.74, 6) is 1.53. The highest BCUT2D eigenvalue weighted by Crippen LogP contribution is 2.39. The second-order valence-electron chi connectivity index (χ2n) is 4.62. The van der Waals surface area contributed by atoms with E-state index in [0.717, 1.165) is 24.4 Å². The van der Waals surface area contributed by atoms with Gasteiger partial charge in [0.1, 0.15) is 0 Å². The third-order valence-electron chi connectivity index (χ3n) is 3.75. The third kappa shape index (κ3) is 2.23. The molecule has 1 aromatic rings. The third-order valence-corrected chi connectivity index (χ3v) is 3.75. The molecular weight excluding hydrogens is 182 g/mol. The van der Waals surface area contributed by atoms with E-state index in [9.17, 15) is 0 Å². The molecule has 15 heavy (non-hydrogen) atoms. The number of benzene rings is 1. The van der Waals surface area contributed by atoms with Crippen molar-refractivity contribution in [3.05, 3.63) is 35.9 Å². The van der Waals surface area contributed by atoms with Crippen LogP contribution < -0.4 is 5.32 Å². The summed E-state index contributed by atoms with van der Waals surface area (Å²) in [6.07, 6.45) is 2.66. The van der Waals surface area contributed by atoms with E-state index in [2.05, 4.69) is 49.5 Å². The summed E-state index contributed by atoms with van der Waals surface area (Å²) in [6, 6.07) is 11.7. The first-order valence-electron chi connectivity index (χ1n) is 6.11. The molecule has 0 aliphatic heterocycles. The molecule has 1 saturated carbocycles. The van der Waals surface area contributed by atoms with Gasteiger partial charge in [0, 0.05) is 6.04 Å². The SMILES string of the molecule is CCNC1CCC(c2ccccc2)C1C. The van der Waals surface area contributed by atoms with Crippen LogP contribution in [0.2, 0.25) is 0 Å². The van der Waals surface area contributed by atoms with Gasteiger partial charge in [-0.2, -0.15) is 0 Å². The fraction of sp³-hybridized carbons (Fsp3) is 0.571. The van der Waals surface area contributed by atoms with Crippen molar-refractivity contribution < 1.29 is 0 Å². The maximum absolute atomic E-state index is 3.59. The molecule has 3 atom stereocenters. The molecule has 0 radical (unpaired) electrons. The quantitative estimate of drug-likeness (QED) is 0.795. The van der Waals surface area contributed by atoms with E-state index in [1.165, 1.54) is 18.4 Å². The Morgan fingerprint density at radius 2 is 1.93 bits per heavy atom. The van der Waals surface area contributed by atoms with Gasteiger partial charge in [0.2, 0.25) is 0 Å². The van der Waals surface area contributed by atoms with Crippen LogP contribution >= 0.6 is 0 Å². The summed E-state index contributed by atoms with van der Waals surface area (Å²) >= 11 is 0. The van der Waals surface area contributed by atoms with Crippen molar-refractivity contribution in [2.45, 2.75) is 38.6 Å². The fourth-order valence-electron chi connectivity index (χ4n) is 2.89. The summed E-state index contributed by atoms with van der Waals surface area (Å²) in [7, 11) is 0. The Bertz CT molecular complexity index is 293. The van der Waals surface area contributed by atoms with Gasteiger partial charge >= 0.3 is 0 Å². The number of hydrogen-bond acceptors (Lipinski definition) is 1. The Balaban J connectivity index is 2.07. The van der Waals surface area contributed by atoms with Crippen molar-refractivity contribution in [1.82, 2.24) is 5.32 Å². The van der Waals surface area contributed by atoms with Gasteiger partial charge in [0.25, 0.3) is 0 Å². The molecule has 0 amide bonds. The zero-order chi connectivity index (χ0) is 10.7. The fourth-order valence-corrected chi connectivity index (χ4v) is 2.89. The lowest BCUT2D eigenvalue weighted by atomic mass is 9.89. The van der Waals surface area contributed by atoms with E-state index in [1.54, 1.807) is 0 Å². The minimum Gasteiger partial charge on any atom is -0.314 e. The molecule has 1 aliphatic rings. The van der Waals surface area contributed by atoms with Gasteiger partial charge in [-0.05, 0) is 36.8 Å². The smallest absolute Gasteiger partial charge is 0.00986 e. The average molecular weight is 203 g/mol. The van der Waals surface area contributed by atoms with Crippen LogP contribution in [0.4, 0.5) is 0 Å². The molecule has 1 aliphatic carbocycles. The van der Waals surface area contributed by atoms with E-state index in [0.29, 0.717) is 0 Å². The van der Waals surface area contributed by atoms with Gasteiger partial charge in [-0.25, -0.2) is 0 Å². The highest BCUT2D eigenvalue weighted by Gasteiger charge is 2.32. The Morgan fingerprint density at radius 3 is 2.60 bits per heavy atom. The van der Waals surface area contributed by atoms with Crippen LogP contribution in [-0.2, 0) is 0 Å². The lowest BCUT2D eigenvalue weighted by Crippen LogP contribution is -2.32. The Labute approximate surface area is 92.9 Å². The lowest BCUT2D eigenvalue weighted by Gasteiger charge is -2.21. The molecule has 0 heterocycles. The molecule has 0 spiro atoms. The van der Waals surface area contributed by atoms with Gasteiger partial charge in [0.05, 0.1) is 0 Å². The van der Waals surface area contributed by atoms with E-state index in [4.69, 9.17) is 0 Å². The number of nitrogens with one attached hydrogen (secondary N) is 1. The van der Waals surface area contributed by atoms with Crippen molar-refractivity contribution in [2.24, 2.45) is 5.92 Å². The predicted octanol–water partition coefficient (Wildman–Crippen LogP) is 3.18. The molecule has 1 aromatic carbocycles. The standard InChI is InChI=1S/C14H21N/c1-3-15-14-10-9-13(11(14)2)12-7-5-4-6-8-12/h4-8,11,13-15H,3,9-10H2,1-2H3. The van der Waals surface area contributed by atoms with Gasteiger partial charge in [-0.15, -0.1) is 0 Å². The molecule has 1 heteroatoms. The lowest BCUT2D eigenvalue weighted by molar-refractivity contribution is 0.412. The van der Waals surface area contributed by atoms with Crippen molar-refractivity contribution >= 4 is 0 Å². The van der Waals surface area contributed by atoms with E-state index < -0.39 is 0 Å². The van der Waals surface area contributed by atoms with Crippen molar-refractivity contribution in [1.29, 1.82) is 0 Å². The molecule has 1 fully saturated rings. The second-order valence-corrected chi connectivity index (χ2v) is 4.62. The Hall–Kier alpha value is -0.820. The molecule has 1 N–H and O–H groups in total. The molecule has 0 aromatic heterocycles. The van der Waals surface area contributed by atoms with Crippen LogP contribution in [0.3, 0.4) is 0 Å². The molecule has 82 valence electrons. The highest BCUT2D eigenvalue weighted by molar-refractivity contribution is 5.22. The first kappa shape index (κ1) is 10.7. The first-order chi connectivity index (χ1) is 7.33. The maximum Gasteiger partial charge on any atom is 0.00986 e. The molecular formula is C14H21N.